The zero-order valence-corrected chi connectivity index (χ0v) is 14.2. The van der Waals surface area contributed by atoms with Crippen molar-refractivity contribution in [3.05, 3.63) is 35.4 Å². The first-order chi connectivity index (χ1) is 11.1. The number of hydrogen-bond acceptors (Lipinski definition) is 3. The number of likely N-dealkylation sites (tertiary alicyclic amines) is 1. The van der Waals surface area contributed by atoms with Gasteiger partial charge in [-0.15, -0.1) is 0 Å². The summed E-state index contributed by atoms with van der Waals surface area (Å²) in [4.78, 5) is 25.3. The fourth-order valence-corrected chi connectivity index (χ4v) is 3.25. The topological polar surface area (TPSA) is 46.6 Å². The molecule has 0 aromatic heterocycles. The maximum Gasteiger partial charge on any atom is 0.306 e. The second kappa shape index (κ2) is 8.70. The molecular weight excluding hydrogens is 290 g/mol. The molecule has 4 nitrogen and oxygen atoms in total. The Morgan fingerprint density at radius 2 is 2.04 bits per heavy atom. The van der Waals surface area contributed by atoms with Crippen LogP contribution in [-0.4, -0.2) is 37.0 Å². The smallest absolute Gasteiger partial charge is 0.306 e. The van der Waals surface area contributed by atoms with Gasteiger partial charge >= 0.3 is 5.97 Å². The van der Waals surface area contributed by atoms with Gasteiger partial charge in [-0.05, 0) is 49.7 Å². The number of aryl methyl sites for hydroxylation is 2. The Morgan fingerprint density at radius 3 is 2.78 bits per heavy atom. The summed E-state index contributed by atoms with van der Waals surface area (Å²) >= 11 is 0. The normalized spacial score (nSPS) is 17.8. The lowest BCUT2D eigenvalue weighted by atomic mass is 9.90. The maximum absolute atomic E-state index is 12.2. The lowest BCUT2D eigenvalue weighted by molar-refractivity contribution is -0.144. The van der Waals surface area contributed by atoms with Crippen molar-refractivity contribution in [1.82, 2.24) is 4.90 Å². The highest BCUT2D eigenvalue weighted by molar-refractivity contribution is 5.81. The predicted molar refractivity (Wildman–Crippen MR) is 90.1 cm³/mol. The first-order valence-corrected chi connectivity index (χ1v) is 8.49. The number of piperidine rings is 1. The third-order valence-corrected chi connectivity index (χ3v) is 4.73. The van der Waals surface area contributed by atoms with Gasteiger partial charge in [-0.1, -0.05) is 24.3 Å². The van der Waals surface area contributed by atoms with Crippen molar-refractivity contribution >= 4 is 11.9 Å². The lowest BCUT2D eigenvalue weighted by Gasteiger charge is -2.33. The highest BCUT2D eigenvalue weighted by Gasteiger charge is 2.23. The van der Waals surface area contributed by atoms with Gasteiger partial charge in [0.05, 0.1) is 13.5 Å². The Labute approximate surface area is 138 Å². The summed E-state index contributed by atoms with van der Waals surface area (Å²) in [6.45, 7) is 3.80. The Morgan fingerprint density at radius 1 is 1.26 bits per heavy atom. The number of amides is 1. The molecule has 0 aliphatic carbocycles. The number of methoxy groups -OCH3 is 1. The van der Waals surface area contributed by atoms with Crippen LogP contribution in [0.15, 0.2) is 24.3 Å². The van der Waals surface area contributed by atoms with E-state index in [4.69, 9.17) is 0 Å². The predicted octanol–water partition coefficient (Wildman–Crippen LogP) is 3.12. The van der Waals surface area contributed by atoms with Gasteiger partial charge in [-0.25, -0.2) is 0 Å². The summed E-state index contributed by atoms with van der Waals surface area (Å²) < 4.78 is 4.60. The third-order valence-electron chi connectivity index (χ3n) is 4.73. The molecule has 0 bridgehead atoms. The van der Waals surface area contributed by atoms with Crippen LogP contribution >= 0.6 is 0 Å². The molecule has 1 aliphatic rings. The number of rotatable bonds is 6. The van der Waals surface area contributed by atoms with Gasteiger partial charge in [0.1, 0.15) is 0 Å². The fraction of sp³-hybridized carbons (Fsp3) is 0.579. The monoisotopic (exact) mass is 317 g/mol. The van der Waals surface area contributed by atoms with Crippen LogP contribution in [0.25, 0.3) is 0 Å². The summed E-state index contributed by atoms with van der Waals surface area (Å²) in [6.07, 6.45) is 4.87. The summed E-state index contributed by atoms with van der Waals surface area (Å²) in [5.74, 6) is 0.327. The van der Waals surface area contributed by atoms with Crippen molar-refractivity contribution in [3.63, 3.8) is 0 Å². The van der Waals surface area contributed by atoms with E-state index >= 15 is 0 Å². The van der Waals surface area contributed by atoms with Crippen LogP contribution < -0.4 is 0 Å². The van der Waals surface area contributed by atoms with Crippen molar-refractivity contribution in [3.8, 4) is 0 Å². The van der Waals surface area contributed by atoms with Gasteiger partial charge in [0, 0.05) is 19.5 Å². The van der Waals surface area contributed by atoms with Crippen molar-refractivity contribution in [1.29, 1.82) is 0 Å². The number of benzene rings is 1. The first-order valence-electron chi connectivity index (χ1n) is 8.49. The zero-order valence-electron chi connectivity index (χ0n) is 14.2. The van der Waals surface area contributed by atoms with Crippen LogP contribution in [0.2, 0.25) is 0 Å². The van der Waals surface area contributed by atoms with Crippen LogP contribution in [0.3, 0.4) is 0 Å². The van der Waals surface area contributed by atoms with E-state index in [2.05, 4.69) is 35.9 Å². The quantitative estimate of drug-likeness (QED) is 0.757. The molecule has 0 N–H and O–H groups in total. The molecule has 0 radical (unpaired) electrons. The second-order valence-corrected chi connectivity index (χ2v) is 6.39. The Bertz CT molecular complexity index is 541. The maximum atomic E-state index is 12.2. The average Bonchev–Trinajstić information content (AvgIpc) is 2.59. The highest BCUT2D eigenvalue weighted by atomic mass is 16.5. The minimum atomic E-state index is -0.313. The molecule has 1 fully saturated rings. The molecule has 1 aromatic rings. The molecule has 1 heterocycles. The van der Waals surface area contributed by atoms with E-state index in [1.807, 2.05) is 4.90 Å². The van der Waals surface area contributed by atoms with Crippen molar-refractivity contribution in [2.24, 2.45) is 5.92 Å². The summed E-state index contributed by atoms with van der Waals surface area (Å²) in [5.41, 5.74) is 2.75. The van der Waals surface area contributed by atoms with E-state index in [-0.39, 0.29) is 24.7 Å². The van der Waals surface area contributed by atoms with Gasteiger partial charge in [-0.2, -0.15) is 0 Å². The number of nitrogens with zero attached hydrogens (tertiary/aromatic N) is 1. The molecule has 126 valence electrons. The summed E-state index contributed by atoms with van der Waals surface area (Å²) in [7, 11) is 1.36. The molecule has 0 spiro atoms. The van der Waals surface area contributed by atoms with E-state index in [1.165, 1.54) is 24.7 Å². The van der Waals surface area contributed by atoms with E-state index in [0.717, 1.165) is 32.4 Å². The van der Waals surface area contributed by atoms with Crippen LogP contribution in [0, 0.1) is 12.8 Å². The van der Waals surface area contributed by atoms with Crippen molar-refractivity contribution < 1.29 is 14.3 Å². The van der Waals surface area contributed by atoms with E-state index in [0.29, 0.717) is 5.92 Å². The molecule has 1 amide bonds. The molecule has 2 rings (SSSR count). The number of carbonyl (C=O) groups is 2. The molecule has 0 unspecified atom stereocenters. The third kappa shape index (κ3) is 5.38. The van der Waals surface area contributed by atoms with Crippen LogP contribution in [0.4, 0.5) is 0 Å². The first kappa shape index (κ1) is 17.5. The minimum absolute atomic E-state index is 0.0796. The summed E-state index contributed by atoms with van der Waals surface area (Å²) in [6, 6.07) is 8.50. The van der Waals surface area contributed by atoms with Crippen LogP contribution in [0.5, 0.6) is 0 Å². The van der Waals surface area contributed by atoms with Crippen molar-refractivity contribution in [2.75, 3.05) is 20.2 Å². The highest BCUT2D eigenvalue weighted by Crippen LogP contribution is 2.23. The molecule has 23 heavy (non-hydrogen) atoms. The van der Waals surface area contributed by atoms with Gasteiger partial charge in [0.15, 0.2) is 0 Å². The van der Waals surface area contributed by atoms with Gasteiger partial charge in [-0.3, -0.25) is 9.59 Å². The molecule has 1 saturated heterocycles. The molecular formula is C19H27NO3. The van der Waals surface area contributed by atoms with E-state index in [9.17, 15) is 9.59 Å². The average molecular weight is 317 g/mol. The lowest BCUT2D eigenvalue weighted by Crippen LogP contribution is -2.40. The minimum Gasteiger partial charge on any atom is -0.469 e. The van der Waals surface area contributed by atoms with E-state index < -0.39 is 0 Å². The molecule has 1 atom stereocenters. The van der Waals surface area contributed by atoms with Crippen LogP contribution in [0.1, 0.15) is 43.2 Å². The molecule has 4 heteroatoms. The number of esters is 1. The fourth-order valence-electron chi connectivity index (χ4n) is 3.25. The number of ether oxygens (including phenoxy) is 1. The van der Waals surface area contributed by atoms with Gasteiger partial charge in [0.2, 0.25) is 5.91 Å². The van der Waals surface area contributed by atoms with Gasteiger partial charge in [0.25, 0.3) is 0 Å². The zero-order chi connectivity index (χ0) is 16.7. The second-order valence-electron chi connectivity index (χ2n) is 6.39. The largest absolute Gasteiger partial charge is 0.469 e. The molecule has 1 aromatic carbocycles. The Balaban J connectivity index is 1.80. The molecule has 0 saturated carbocycles. The van der Waals surface area contributed by atoms with Crippen molar-refractivity contribution in [2.45, 2.75) is 45.4 Å². The standard InChI is InChI=1S/C19H27NO3/c1-15-6-3-4-8-17(15)10-9-16-7-5-13-20(14-16)18(21)11-12-19(22)23-2/h3-4,6,8,16H,5,7,9-14H2,1-2H3/t16-/m0/s1. The van der Waals surface area contributed by atoms with Gasteiger partial charge < -0.3 is 9.64 Å². The number of carbonyl (C=O) groups excluding carboxylic acids is 2. The summed E-state index contributed by atoms with van der Waals surface area (Å²) in [5, 5.41) is 0. The molecule has 1 aliphatic heterocycles. The van der Waals surface area contributed by atoms with E-state index in [1.54, 1.807) is 0 Å². The Hall–Kier alpha value is -1.84. The SMILES string of the molecule is COC(=O)CCC(=O)N1CCC[C@@H](CCc2ccccc2C)C1. The Kier molecular flexibility index (Phi) is 6.63. The number of hydrogen-bond donors (Lipinski definition) is 0. The van der Waals surface area contributed by atoms with Crippen LogP contribution in [-0.2, 0) is 20.7 Å².